The smallest absolute Gasteiger partial charge is 0.264 e. The second-order valence-corrected chi connectivity index (χ2v) is 12.5. The number of benzene rings is 4. The van der Waals surface area contributed by atoms with E-state index < -0.39 is 22.5 Å². The maximum absolute atomic E-state index is 13.5. The van der Waals surface area contributed by atoms with Crippen molar-refractivity contribution in [2.75, 3.05) is 18.0 Å². The van der Waals surface area contributed by atoms with Gasteiger partial charge in [0.2, 0.25) is 0 Å². The Morgan fingerprint density at radius 3 is 2.40 bits per heavy atom. The van der Waals surface area contributed by atoms with Crippen LogP contribution in [0.15, 0.2) is 99.4 Å². The van der Waals surface area contributed by atoms with Crippen LogP contribution >= 0.6 is 27.5 Å². The second-order valence-electron chi connectivity index (χ2n) is 9.36. The summed E-state index contributed by atoms with van der Waals surface area (Å²) >= 11 is 9.61. The van der Waals surface area contributed by atoms with E-state index in [1.807, 2.05) is 31.2 Å². The zero-order valence-electron chi connectivity index (χ0n) is 23.2. The Balaban J connectivity index is 1.49. The molecule has 4 rings (SSSR count). The summed E-state index contributed by atoms with van der Waals surface area (Å²) in [6.45, 7) is 3.60. The molecule has 1 amide bonds. The maximum atomic E-state index is 13.5. The van der Waals surface area contributed by atoms with Crippen molar-refractivity contribution < 1.29 is 22.7 Å². The normalized spacial score (nSPS) is 11.4. The van der Waals surface area contributed by atoms with E-state index in [1.165, 1.54) is 31.0 Å². The van der Waals surface area contributed by atoms with Crippen molar-refractivity contribution in [3.05, 3.63) is 117 Å². The highest BCUT2D eigenvalue weighted by Gasteiger charge is 2.28. The van der Waals surface area contributed by atoms with Crippen LogP contribution in [0.5, 0.6) is 11.5 Å². The Kier molecular flexibility index (Phi) is 10.3. The van der Waals surface area contributed by atoms with Crippen LogP contribution in [-0.4, -0.2) is 34.2 Å². The molecule has 0 fully saturated rings. The van der Waals surface area contributed by atoms with Gasteiger partial charge in [-0.25, -0.2) is 13.8 Å². The highest BCUT2D eigenvalue weighted by atomic mass is 79.9. The highest BCUT2D eigenvalue weighted by molar-refractivity contribution is 9.10. The summed E-state index contributed by atoms with van der Waals surface area (Å²) in [7, 11) is -2.54. The first-order valence-electron chi connectivity index (χ1n) is 12.8. The van der Waals surface area contributed by atoms with Crippen molar-refractivity contribution >= 4 is 55.4 Å². The summed E-state index contributed by atoms with van der Waals surface area (Å²) in [6, 6.07) is 24.2. The lowest BCUT2D eigenvalue weighted by molar-refractivity contribution is -0.119. The quantitative estimate of drug-likeness (QED) is 0.142. The first-order valence-corrected chi connectivity index (χ1v) is 15.4. The number of hydrazone groups is 1. The molecule has 0 saturated heterocycles. The molecule has 0 heterocycles. The summed E-state index contributed by atoms with van der Waals surface area (Å²) in [5, 5.41) is 4.50. The molecule has 8 nitrogen and oxygen atoms in total. The molecule has 0 aliphatic rings. The largest absolute Gasteiger partial charge is 0.493 e. The Morgan fingerprint density at radius 1 is 1.02 bits per heavy atom. The van der Waals surface area contributed by atoms with E-state index in [0.717, 1.165) is 9.87 Å². The first-order chi connectivity index (χ1) is 20.1. The molecule has 0 spiro atoms. The van der Waals surface area contributed by atoms with E-state index in [2.05, 4.69) is 26.5 Å². The molecule has 0 radical (unpaired) electrons. The summed E-state index contributed by atoms with van der Waals surface area (Å²) < 4.78 is 40.3. The number of rotatable bonds is 11. The average molecular weight is 671 g/mol. The van der Waals surface area contributed by atoms with Gasteiger partial charge < -0.3 is 9.47 Å². The molecular weight excluding hydrogens is 642 g/mol. The Bertz CT molecular complexity index is 1700. The Hall–Kier alpha value is -3.86. The molecule has 0 aromatic heterocycles. The number of ether oxygens (including phenoxy) is 2. The van der Waals surface area contributed by atoms with E-state index in [1.54, 1.807) is 55.5 Å². The second kappa shape index (κ2) is 13.9. The van der Waals surface area contributed by atoms with Crippen LogP contribution in [0.4, 0.5) is 5.69 Å². The van der Waals surface area contributed by atoms with Gasteiger partial charge in [0.25, 0.3) is 15.9 Å². The van der Waals surface area contributed by atoms with Crippen molar-refractivity contribution in [1.29, 1.82) is 0 Å². The van der Waals surface area contributed by atoms with Gasteiger partial charge in [-0.1, -0.05) is 59.6 Å². The molecule has 218 valence electrons. The number of aryl methyl sites for hydroxylation is 2. The molecule has 0 saturated carbocycles. The number of hydrogen-bond acceptors (Lipinski definition) is 6. The number of carbonyl (C=O) groups excluding carboxylic acids is 1. The van der Waals surface area contributed by atoms with Gasteiger partial charge in [0.05, 0.1) is 28.4 Å². The maximum Gasteiger partial charge on any atom is 0.264 e. The number of hydrogen-bond donors (Lipinski definition) is 1. The molecule has 4 aromatic rings. The Labute approximate surface area is 259 Å². The highest BCUT2D eigenvalue weighted by Crippen LogP contribution is 2.37. The van der Waals surface area contributed by atoms with Gasteiger partial charge in [0.15, 0.2) is 11.5 Å². The fourth-order valence-electron chi connectivity index (χ4n) is 4.06. The molecule has 0 aliphatic heterocycles. The molecule has 0 atom stereocenters. The van der Waals surface area contributed by atoms with E-state index in [4.69, 9.17) is 21.1 Å². The van der Waals surface area contributed by atoms with Crippen LogP contribution in [0, 0.1) is 13.8 Å². The van der Waals surface area contributed by atoms with E-state index >= 15 is 0 Å². The molecule has 1 N–H and O–H groups in total. The minimum atomic E-state index is -4.07. The summed E-state index contributed by atoms with van der Waals surface area (Å²) in [5.41, 5.74) is 6.14. The van der Waals surface area contributed by atoms with Crippen molar-refractivity contribution in [2.45, 2.75) is 25.3 Å². The van der Waals surface area contributed by atoms with Crippen LogP contribution in [0.2, 0.25) is 5.02 Å². The number of carbonyl (C=O) groups is 1. The first kappa shape index (κ1) is 31.1. The third-order valence-corrected chi connectivity index (χ3v) is 8.80. The zero-order valence-corrected chi connectivity index (χ0v) is 26.3. The van der Waals surface area contributed by atoms with Gasteiger partial charge in [-0.2, -0.15) is 5.10 Å². The van der Waals surface area contributed by atoms with Crippen LogP contribution in [0.25, 0.3) is 0 Å². The lowest BCUT2D eigenvalue weighted by Crippen LogP contribution is -2.40. The minimum absolute atomic E-state index is 0.0530. The molecule has 0 unspecified atom stereocenters. The van der Waals surface area contributed by atoms with Gasteiger partial charge in [-0.15, -0.1) is 0 Å². The van der Waals surface area contributed by atoms with Crippen molar-refractivity contribution in [1.82, 2.24) is 5.43 Å². The van der Waals surface area contributed by atoms with Crippen LogP contribution in [0.3, 0.4) is 0 Å². The molecule has 11 heteroatoms. The van der Waals surface area contributed by atoms with Crippen LogP contribution in [0.1, 0.15) is 22.3 Å². The minimum Gasteiger partial charge on any atom is -0.493 e. The van der Waals surface area contributed by atoms with E-state index in [-0.39, 0.29) is 4.90 Å². The number of amides is 1. The zero-order chi connectivity index (χ0) is 30.3. The summed E-state index contributed by atoms with van der Waals surface area (Å²) in [6.07, 6.45) is 1.43. The number of sulfonamides is 1. The SMILES string of the molecule is COc1cc(/C=N\NC(=O)CN(c2ccc(Cl)cc2C)S(=O)(=O)c2ccccc2)cc(Br)c1OCc1ccc(C)cc1. The lowest BCUT2D eigenvalue weighted by Gasteiger charge is -2.25. The molecule has 0 aliphatic carbocycles. The number of nitrogens with zero attached hydrogens (tertiary/aromatic N) is 2. The summed E-state index contributed by atoms with van der Waals surface area (Å²) in [4.78, 5) is 13.0. The standard InChI is InChI=1S/C31H29BrClN3O5S/c1-21-9-11-23(12-10-21)20-41-31-27(32)16-24(17-29(31)40-3)18-34-35-30(37)19-36(28-14-13-25(33)15-22(28)2)42(38,39)26-7-5-4-6-8-26/h4-18H,19-20H2,1-3H3,(H,35,37)/b34-18-. The number of methoxy groups -OCH3 is 1. The molecule has 4 aromatic carbocycles. The fourth-order valence-corrected chi connectivity index (χ4v) is 6.36. The van der Waals surface area contributed by atoms with Crippen LogP contribution < -0.4 is 19.2 Å². The van der Waals surface area contributed by atoms with Gasteiger partial charge >= 0.3 is 0 Å². The number of nitrogens with one attached hydrogen (secondary N) is 1. The number of halogens is 2. The number of anilines is 1. The predicted octanol–water partition coefficient (Wildman–Crippen LogP) is 6.65. The van der Waals surface area contributed by atoms with Crippen molar-refractivity contribution in [3.8, 4) is 11.5 Å². The van der Waals surface area contributed by atoms with Crippen molar-refractivity contribution in [2.24, 2.45) is 5.10 Å². The molecule has 0 bridgehead atoms. The summed E-state index contributed by atoms with van der Waals surface area (Å²) in [5.74, 6) is 0.367. The van der Waals surface area contributed by atoms with E-state index in [9.17, 15) is 13.2 Å². The molecular formula is C31H29BrClN3O5S. The molecule has 42 heavy (non-hydrogen) atoms. The Morgan fingerprint density at radius 2 is 1.74 bits per heavy atom. The fraction of sp³-hybridized carbons (Fsp3) is 0.161. The van der Waals surface area contributed by atoms with Gasteiger partial charge in [0, 0.05) is 5.02 Å². The van der Waals surface area contributed by atoms with Gasteiger partial charge in [0.1, 0.15) is 13.2 Å². The van der Waals surface area contributed by atoms with Gasteiger partial charge in [-0.3, -0.25) is 9.10 Å². The van der Waals surface area contributed by atoms with Crippen LogP contribution in [-0.2, 0) is 21.4 Å². The lowest BCUT2D eigenvalue weighted by atomic mass is 10.2. The predicted molar refractivity (Wildman–Crippen MR) is 169 cm³/mol. The monoisotopic (exact) mass is 669 g/mol. The van der Waals surface area contributed by atoms with E-state index in [0.29, 0.717) is 44.4 Å². The van der Waals surface area contributed by atoms with Gasteiger partial charge in [-0.05, 0) is 88.9 Å². The van der Waals surface area contributed by atoms with Crippen molar-refractivity contribution in [3.63, 3.8) is 0 Å². The third-order valence-electron chi connectivity index (χ3n) is 6.20. The third kappa shape index (κ3) is 7.70. The topological polar surface area (TPSA) is 97.3 Å². The average Bonchev–Trinajstić information content (AvgIpc) is 2.96.